The van der Waals surface area contributed by atoms with Gasteiger partial charge in [-0.25, -0.2) is 4.39 Å². The van der Waals surface area contributed by atoms with E-state index < -0.39 is 5.82 Å². The lowest BCUT2D eigenvalue weighted by molar-refractivity contribution is -0.114. The molecule has 3 N–H and O–H groups in total. The Hall–Kier alpha value is -2.99. The molecule has 1 heterocycles. The summed E-state index contributed by atoms with van der Waals surface area (Å²) in [4.78, 5) is 24.5. The number of carbonyl (C=O) groups is 2. The Labute approximate surface area is 150 Å². The lowest BCUT2D eigenvalue weighted by Crippen LogP contribution is -2.22. The summed E-state index contributed by atoms with van der Waals surface area (Å²) in [6.45, 7) is 3.55. The van der Waals surface area contributed by atoms with E-state index in [0.29, 0.717) is 45.5 Å². The predicted molar refractivity (Wildman–Crippen MR) is 97.8 cm³/mol. The van der Waals surface area contributed by atoms with Crippen LogP contribution in [0.25, 0.3) is 11.0 Å². The largest absolute Gasteiger partial charge is 0.460 e. The molecule has 0 fully saturated rings. The molecule has 6 heteroatoms. The van der Waals surface area contributed by atoms with Gasteiger partial charge >= 0.3 is 0 Å². The molecule has 1 aromatic heterocycles. The number of fused-ring (bicyclic) bond motifs is 1. The van der Waals surface area contributed by atoms with Crippen LogP contribution in [0.15, 0.2) is 40.8 Å². The number of rotatable bonds is 5. The van der Waals surface area contributed by atoms with E-state index in [0.717, 1.165) is 0 Å². The van der Waals surface area contributed by atoms with Gasteiger partial charge in [-0.15, -0.1) is 0 Å². The third-order valence-corrected chi connectivity index (χ3v) is 4.21. The highest BCUT2D eigenvalue weighted by molar-refractivity contribution is 6.17. The number of benzene rings is 2. The van der Waals surface area contributed by atoms with Crippen LogP contribution in [-0.2, 0) is 11.2 Å². The van der Waals surface area contributed by atoms with Crippen LogP contribution in [0.1, 0.15) is 34.2 Å². The van der Waals surface area contributed by atoms with E-state index >= 15 is 0 Å². The van der Waals surface area contributed by atoms with Crippen molar-refractivity contribution in [1.29, 1.82) is 0 Å². The molecule has 134 valence electrons. The fourth-order valence-corrected chi connectivity index (χ4v) is 2.96. The van der Waals surface area contributed by atoms with Crippen LogP contribution in [-0.4, -0.2) is 18.2 Å². The maximum absolute atomic E-state index is 13.5. The number of nitrogens with one attached hydrogen (secondary N) is 1. The van der Waals surface area contributed by atoms with Gasteiger partial charge in [-0.2, -0.15) is 0 Å². The van der Waals surface area contributed by atoms with E-state index in [1.807, 2.05) is 6.92 Å². The zero-order valence-corrected chi connectivity index (χ0v) is 14.6. The zero-order valence-electron chi connectivity index (χ0n) is 14.6. The van der Waals surface area contributed by atoms with Crippen LogP contribution < -0.4 is 11.1 Å². The maximum Gasteiger partial charge on any atom is 0.238 e. The number of halogens is 1. The van der Waals surface area contributed by atoms with Crippen molar-refractivity contribution < 1.29 is 18.4 Å². The van der Waals surface area contributed by atoms with E-state index in [1.165, 1.54) is 12.1 Å². The van der Waals surface area contributed by atoms with Crippen molar-refractivity contribution in [3.63, 3.8) is 0 Å². The fraction of sp³-hybridized carbons (Fsp3) is 0.200. The highest BCUT2D eigenvalue weighted by Gasteiger charge is 2.22. The van der Waals surface area contributed by atoms with Crippen molar-refractivity contribution >= 4 is 28.3 Å². The molecule has 5 nitrogen and oxygen atoms in total. The normalized spacial score (nSPS) is 10.9. The van der Waals surface area contributed by atoms with Gasteiger partial charge in [0.1, 0.15) is 17.2 Å². The number of anilines is 1. The second kappa shape index (κ2) is 7.09. The van der Waals surface area contributed by atoms with Gasteiger partial charge < -0.3 is 15.5 Å². The lowest BCUT2D eigenvalue weighted by atomic mass is 9.96. The molecule has 1 amide bonds. The number of furan rings is 1. The van der Waals surface area contributed by atoms with Gasteiger partial charge in [0.05, 0.1) is 12.1 Å². The van der Waals surface area contributed by atoms with Gasteiger partial charge in [0.15, 0.2) is 5.78 Å². The summed E-state index contributed by atoms with van der Waals surface area (Å²) in [5.74, 6) is -0.388. The van der Waals surface area contributed by atoms with E-state index in [2.05, 4.69) is 5.32 Å². The molecule has 2 aromatic carbocycles. The first kappa shape index (κ1) is 17.8. The molecule has 26 heavy (non-hydrogen) atoms. The molecule has 0 unspecified atom stereocenters. The average Bonchev–Trinajstić information content (AvgIpc) is 2.98. The molecule has 0 saturated carbocycles. The van der Waals surface area contributed by atoms with Gasteiger partial charge in [-0.3, -0.25) is 9.59 Å². The van der Waals surface area contributed by atoms with Crippen molar-refractivity contribution in [2.75, 3.05) is 11.9 Å². The van der Waals surface area contributed by atoms with Crippen LogP contribution in [0.5, 0.6) is 0 Å². The lowest BCUT2D eigenvalue weighted by Gasteiger charge is -2.09. The summed E-state index contributed by atoms with van der Waals surface area (Å²) in [5, 5.41) is 3.25. The summed E-state index contributed by atoms with van der Waals surface area (Å²) in [7, 11) is 0. The second-order valence-electron chi connectivity index (χ2n) is 6.01. The van der Waals surface area contributed by atoms with Crippen molar-refractivity contribution in [2.45, 2.75) is 20.3 Å². The van der Waals surface area contributed by atoms with E-state index in [1.54, 1.807) is 31.2 Å². The van der Waals surface area contributed by atoms with Crippen molar-refractivity contribution in [3.05, 3.63) is 64.7 Å². The third kappa shape index (κ3) is 3.23. The standard InChI is InChI=1S/C20H19FN2O3/c1-3-16-19(15-6-4-12(21)9-17(15)26-16)20(25)14-7-5-13(8-11(14)2)23-18(24)10-22/h4-9H,3,10,22H2,1-2H3,(H,23,24). The van der Waals surface area contributed by atoms with Gasteiger partial charge in [0, 0.05) is 29.1 Å². The van der Waals surface area contributed by atoms with Gasteiger partial charge in [-0.05, 0) is 42.8 Å². The Bertz CT molecular complexity index is 1010. The maximum atomic E-state index is 13.5. The van der Waals surface area contributed by atoms with Crippen molar-refractivity contribution in [1.82, 2.24) is 0 Å². The summed E-state index contributed by atoms with van der Waals surface area (Å²) in [6.07, 6.45) is 0.515. The van der Waals surface area contributed by atoms with Crippen LogP contribution in [0.3, 0.4) is 0 Å². The predicted octanol–water partition coefficient (Wildman–Crippen LogP) is 3.57. The van der Waals surface area contributed by atoms with Crippen LogP contribution in [0, 0.1) is 12.7 Å². The average molecular weight is 354 g/mol. The van der Waals surface area contributed by atoms with Crippen LogP contribution in [0.2, 0.25) is 0 Å². The monoisotopic (exact) mass is 354 g/mol. The quantitative estimate of drug-likeness (QED) is 0.686. The number of carbonyl (C=O) groups excluding carboxylic acids is 2. The first-order chi connectivity index (χ1) is 12.4. The smallest absolute Gasteiger partial charge is 0.238 e. The SMILES string of the molecule is CCc1oc2cc(F)ccc2c1C(=O)c1ccc(NC(=O)CN)cc1C. The van der Waals surface area contributed by atoms with Gasteiger partial charge in [-0.1, -0.05) is 6.92 Å². The summed E-state index contributed by atoms with van der Waals surface area (Å²) in [5.41, 5.74) is 7.88. The van der Waals surface area contributed by atoms with Crippen molar-refractivity contribution in [3.8, 4) is 0 Å². The molecule has 0 radical (unpaired) electrons. The van der Waals surface area contributed by atoms with E-state index in [4.69, 9.17) is 10.2 Å². The minimum Gasteiger partial charge on any atom is -0.460 e. The van der Waals surface area contributed by atoms with Crippen LogP contribution >= 0.6 is 0 Å². The highest BCUT2D eigenvalue weighted by Crippen LogP contribution is 2.30. The second-order valence-corrected chi connectivity index (χ2v) is 6.01. The number of ketones is 1. The Morgan fingerprint density at radius 2 is 1.96 bits per heavy atom. The van der Waals surface area contributed by atoms with Crippen molar-refractivity contribution in [2.24, 2.45) is 5.73 Å². The van der Waals surface area contributed by atoms with Gasteiger partial charge in [0.25, 0.3) is 0 Å². The Balaban J connectivity index is 2.04. The topological polar surface area (TPSA) is 85.3 Å². The molecule has 0 aliphatic heterocycles. The number of nitrogens with two attached hydrogens (primary N) is 1. The minimum atomic E-state index is -0.413. The fourth-order valence-electron chi connectivity index (χ4n) is 2.96. The molecule has 0 atom stereocenters. The molecule has 3 rings (SSSR count). The van der Waals surface area contributed by atoms with Gasteiger partial charge in [0.2, 0.25) is 5.91 Å². The molecule has 0 aliphatic carbocycles. The van der Waals surface area contributed by atoms with E-state index in [9.17, 15) is 14.0 Å². The first-order valence-electron chi connectivity index (χ1n) is 8.30. The summed E-state index contributed by atoms with van der Waals surface area (Å²) < 4.78 is 19.1. The number of amides is 1. The molecule has 0 spiro atoms. The molecule has 0 aliphatic rings. The summed E-state index contributed by atoms with van der Waals surface area (Å²) >= 11 is 0. The highest BCUT2D eigenvalue weighted by atomic mass is 19.1. The van der Waals surface area contributed by atoms with E-state index in [-0.39, 0.29) is 18.2 Å². The first-order valence-corrected chi connectivity index (χ1v) is 8.30. The molecule has 3 aromatic rings. The van der Waals surface area contributed by atoms with Crippen LogP contribution in [0.4, 0.5) is 10.1 Å². The number of hydrogen-bond acceptors (Lipinski definition) is 4. The molecular weight excluding hydrogens is 335 g/mol. The molecule has 0 saturated heterocycles. The third-order valence-electron chi connectivity index (χ3n) is 4.21. The minimum absolute atomic E-state index is 0.114. The Kier molecular flexibility index (Phi) is 4.86. The number of hydrogen-bond donors (Lipinski definition) is 2. The number of aryl methyl sites for hydroxylation is 2. The zero-order chi connectivity index (χ0) is 18.8. The Morgan fingerprint density at radius 3 is 2.62 bits per heavy atom. The summed E-state index contributed by atoms with van der Waals surface area (Å²) in [6, 6.07) is 9.18. The molecular formula is C20H19FN2O3. The Morgan fingerprint density at radius 1 is 1.19 bits per heavy atom. The molecule has 0 bridgehead atoms.